The van der Waals surface area contributed by atoms with Gasteiger partial charge in [-0.05, 0) is 45.7 Å². The normalized spacial score (nSPS) is 32.1. The van der Waals surface area contributed by atoms with Gasteiger partial charge in [0.15, 0.2) is 0 Å². The summed E-state index contributed by atoms with van der Waals surface area (Å²) in [5.74, 6) is 0.801. The predicted molar refractivity (Wildman–Crippen MR) is 59.4 cm³/mol. The SMILES string of the molecule is CC1=NC=C(CC2CCNC2)NC1C. The zero-order chi connectivity index (χ0) is 9.97. The summed E-state index contributed by atoms with van der Waals surface area (Å²) in [6.45, 7) is 6.58. The molecule has 0 amide bonds. The molecule has 3 heteroatoms. The van der Waals surface area contributed by atoms with E-state index in [4.69, 9.17) is 0 Å². The highest BCUT2D eigenvalue weighted by Gasteiger charge is 2.18. The number of hydrogen-bond donors (Lipinski definition) is 2. The number of rotatable bonds is 2. The predicted octanol–water partition coefficient (Wildman–Crippen LogP) is 1.28. The van der Waals surface area contributed by atoms with E-state index in [1.807, 2.05) is 6.20 Å². The lowest BCUT2D eigenvalue weighted by atomic mass is 10.0. The first-order chi connectivity index (χ1) is 6.75. The van der Waals surface area contributed by atoms with E-state index in [1.165, 1.54) is 24.4 Å². The molecule has 0 spiro atoms. The maximum Gasteiger partial charge on any atom is 0.0612 e. The molecule has 2 heterocycles. The third kappa shape index (κ3) is 2.15. The van der Waals surface area contributed by atoms with Crippen LogP contribution < -0.4 is 10.6 Å². The fraction of sp³-hybridized carbons (Fsp3) is 0.727. The van der Waals surface area contributed by atoms with Crippen LogP contribution in [0.4, 0.5) is 0 Å². The van der Waals surface area contributed by atoms with Gasteiger partial charge in [-0.2, -0.15) is 0 Å². The van der Waals surface area contributed by atoms with Crippen molar-refractivity contribution in [3.63, 3.8) is 0 Å². The van der Waals surface area contributed by atoms with Crippen LogP contribution in [0.3, 0.4) is 0 Å². The number of aliphatic imine (C=N–C) groups is 1. The third-order valence-electron chi connectivity index (χ3n) is 3.12. The lowest BCUT2D eigenvalue weighted by Gasteiger charge is -2.22. The van der Waals surface area contributed by atoms with Gasteiger partial charge >= 0.3 is 0 Å². The van der Waals surface area contributed by atoms with Gasteiger partial charge in [0, 0.05) is 17.6 Å². The molecule has 0 aromatic carbocycles. The van der Waals surface area contributed by atoms with Crippen molar-refractivity contribution in [3.05, 3.63) is 11.9 Å². The summed E-state index contributed by atoms with van der Waals surface area (Å²) in [5.41, 5.74) is 2.48. The monoisotopic (exact) mass is 193 g/mol. The van der Waals surface area contributed by atoms with Crippen LogP contribution in [-0.2, 0) is 0 Å². The Balaban J connectivity index is 1.92. The second kappa shape index (κ2) is 4.13. The average Bonchev–Trinajstić information content (AvgIpc) is 2.64. The summed E-state index contributed by atoms with van der Waals surface area (Å²) in [6, 6.07) is 0.407. The molecule has 2 unspecified atom stereocenters. The van der Waals surface area contributed by atoms with E-state index in [1.54, 1.807) is 0 Å². The van der Waals surface area contributed by atoms with Crippen LogP contribution in [0.2, 0.25) is 0 Å². The zero-order valence-electron chi connectivity index (χ0n) is 9.01. The lowest BCUT2D eigenvalue weighted by molar-refractivity contribution is 0.541. The topological polar surface area (TPSA) is 36.4 Å². The molecule has 0 aromatic rings. The van der Waals surface area contributed by atoms with Crippen LogP contribution in [0, 0.1) is 5.92 Å². The van der Waals surface area contributed by atoms with E-state index in [2.05, 4.69) is 29.5 Å². The van der Waals surface area contributed by atoms with Crippen LogP contribution in [0.25, 0.3) is 0 Å². The zero-order valence-corrected chi connectivity index (χ0v) is 9.01. The molecule has 0 saturated carbocycles. The van der Waals surface area contributed by atoms with E-state index in [9.17, 15) is 0 Å². The van der Waals surface area contributed by atoms with Crippen LogP contribution in [-0.4, -0.2) is 24.8 Å². The van der Waals surface area contributed by atoms with Crippen molar-refractivity contribution in [1.29, 1.82) is 0 Å². The highest BCUT2D eigenvalue weighted by atomic mass is 15.0. The number of allylic oxidation sites excluding steroid dienone is 1. The van der Waals surface area contributed by atoms with Gasteiger partial charge in [-0.25, -0.2) is 0 Å². The molecule has 0 aromatic heterocycles. The first-order valence-corrected chi connectivity index (χ1v) is 5.46. The maximum absolute atomic E-state index is 4.41. The summed E-state index contributed by atoms with van der Waals surface area (Å²) >= 11 is 0. The highest BCUT2D eigenvalue weighted by molar-refractivity contribution is 5.88. The fourth-order valence-corrected chi connectivity index (χ4v) is 2.02. The smallest absolute Gasteiger partial charge is 0.0612 e. The van der Waals surface area contributed by atoms with E-state index in [0.717, 1.165) is 18.9 Å². The van der Waals surface area contributed by atoms with E-state index >= 15 is 0 Å². The summed E-state index contributed by atoms with van der Waals surface area (Å²) in [6.07, 6.45) is 4.44. The Kier molecular flexibility index (Phi) is 2.87. The van der Waals surface area contributed by atoms with Crippen molar-refractivity contribution < 1.29 is 0 Å². The summed E-state index contributed by atoms with van der Waals surface area (Å²) in [7, 11) is 0. The third-order valence-corrected chi connectivity index (χ3v) is 3.12. The fourth-order valence-electron chi connectivity index (χ4n) is 2.02. The van der Waals surface area contributed by atoms with Gasteiger partial charge in [0.25, 0.3) is 0 Å². The quantitative estimate of drug-likeness (QED) is 0.693. The van der Waals surface area contributed by atoms with E-state index < -0.39 is 0 Å². The van der Waals surface area contributed by atoms with Crippen molar-refractivity contribution >= 4 is 5.71 Å². The average molecular weight is 193 g/mol. The molecule has 2 aliphatic rings. The molecule has 2 atom stereocenters. The molecular formula is C11H19N3. The molecule has 1 saturated heterocycles. The summed E-state index contributed by atoms with van der Waals surface area (Å²) < 4.78 is 0. The molecule has 2 N–H and O–H groups in total. The Morgan fingerprint density at radius 3 is 3.07 bits per heavy atom. The highest BCUT2D eigenvalue weighted by Crippen LogP contribution is 2.18. The van der Waals surface area contributed by atoms with Crippen molar-refractivity contribution in [3.8, 4) is 0 Å². The second-order valence-corrected chi connectivity index (χ2v) is 4.35. The maximum atomic E-state index is 4.41. The standard InChI is InChI=1S/C11H19N3/c1-8-9(2)14-11(7-13-8)5-10-3-4-12-6-10/h7,9-10,12,14H,3-6H2,1-2H3. The summed E-state index contributed by atoms with van der Waals surface area (Å²) in [4.78, 5) is 4.41. The Hall–Kier alpha value is -0.830. The first-order valence-electron chi connectivity index (χ1n) is 5.46. The molecule has 14 heavy (non-hydrogen) atoms. The molecule has 0 bridgehead atoms. The Morgan fingerprint density at radius 1 is 1.57 bits per heavy atom. The van der Waals surface area contributed by atoms with Crippen LogP contribution in [0.1, 0.15) is 26.7 Å². The van der Waals surface area contributed by atoms with Crippen molar-refractivity contribution in [1.82, 2.24) is 10.6 Å². The molecule has 1 fully saturated rings. The second-order valence-electron chi connectivity index (χ2n) is 4.35. The van der Waals surface area contributed by atoms with Gasteiger partial charge in [0.05, 0.1) is 6.04 Å². The minimum Gasteiger partial charge on any atom is -0.379 e. The van der Waals surface area contributed by atoms with Gasteiger partial charge in [0.1, 0.15) is 0 Å². The van der Waals surface area contributed by atoms with Crippen molar-refractivity contribution in [2.75, 3.05) is 13.1 Å². The van der Waals surface area contributed by atoms with E-state index in [0.29, 0.717) is 6.04 Å². The van der Waals surface area contributed by atoms with Crippen molar-refractivity contribution in [2.24, 2.45) is 10.9 Å². The Bertz CT molecular complexity index is 262. The van der Waals surface area contributed by atoms with Crippen LogP contribution in [0.15, 0.2) is 16.9 Å². The molecule has 78 valence electrons. The minimum atomic E-state index is 0.407. The molecule has 2 aliphatic heterocycles. The number of nitrogens with one attached hydrogen (secondary N) is 2. The van der Waals surface area contributed by atoms with Crippen LogP contribution in [0.5, 0.6) is 0 Å². The Morgan fingerprint density at radius 2 is 2.43 bits per heavy atom. The molecule has 0 aliphatic carbocycles. The largest absolute Gasteiger partial charge is 0.379 e. The molecule has 2 rings (SSSR count). The molecular weight excluding hydrogens is 174 g/mol. The summed E-state index contributed by atoms with van der Waals surface area (Å²) in [5, 5.41) is 6.89. The number of hydrogen-bond acceptors (Lipinski definition) is 3. The van der Waals surface area contributed by atoms with E-state index in [-0.39, 0.29) is 0 Å². The van der Waals surface area contributed by atoms with Gasteiger partial charge < -0.3 is 10.6 Å². The van der Waals surface area contributed by atoms with Crippen LogP contribution >= 0.6 is 0 Å². The molecule has 3 nitrogen and oxygen atoms in total. The van der Waals surface area contributed by atoms with Gasteiger partial charge in [-0.1, -0.05) is 0 Å². The number of nitrogens with zero attached hydrogens (tertiary/aromatic N) is 1. The van der Waals surface area contributed by atoms with Gasteiger partial charge in [-0.15, -0.1) is 0 Å². The Labute approximate surface area is 85.7 Å². The minimum absolute atomic E-state index is 0.407. The molecule has 0 radical (unpaired) electrons. The van der Waals surface area contributed by atoms with Gasteiger partial charge in [-0.3, -0.25) is 4.99 Å². The lowest BCUT2D eigenvalue weighted by Crippen LogP contribution is -2.35. The van der Waals surface area contributed by atoms with Crippen molar-refractivity contribution in [2.45, 2.75) is 32.7 Å². The van der Waals surface area contributed by atoms with Gasteiger partial charge in [0.2, 0.25) is 0 Å². The first kappa shape index (κ1) is 9.71.